The Balaban J connectivity index is 2.31. The van der Waals surface area contributed by atoms with Gasteiger partial charge in [0.05, 0.1) is 14.1 Å². The topological polar surface area (TPSA) is 41.4 Å². The van der Waals surface area contributed by atoms with Gasteiger partial charge in [-0.15, -0.1) is 0 Å². The zero-order valence-corrected chi connectivity index (χ0v) is 12.4. The van der Waals surface area contributed by atoms with E-state index in [1.54, 1.807) is 0 Å². The molecule has 0 unspecified atom stereocenters. The number of carbonyl (C=O) groups is 1. The zero-order valence-electron chi connectivity index (χ0n) is 12.4. The molecule has 0 bridgehead atoms. The summed E-state index contributed by atoms with van der Waals surface area (Å²) in [5.41, 5.74) is 0. The number of nitrogens with one attached hydrogen (secondary N) is 1. The van der Waals surface area contributed by atoms with Gasteiger partial charge in [0, 0.05) is 13.1 Å². The van der Waals surface area contributed by atoms with Gasteiger partial charge >= 0.3 is 0 Å². The van der Waals surface area contributed by atoms with E-state index in [4.69, 9.17) is 0 Å². The number of quaternary nitrogens is 2. The molecular formula is C14H31N3O+2. The molecule has 4 nitrogen and oxygen atoms in total. The quantitative estimate of drug-likeness (QED) is 0.643. The number of likely N-dealkylation sites (N-methyl/N-ethyl adjacent to an activating group) is 1. The second kappa shape index (κ2) is 8.48. The van der Waals surface area contributed by atoms with Crippen molar-refractivity contribution in [2.75, 3.05) is 40.3 Å². The third kappa shape index (κ3) is 5.83. The number of rotatable bonds is 5. The molecule has 4 heteroatoms. The van der Waals surface area contributed by atoms with Gasteiger partial charge in [-0.1, -0.05) is 19.3 Å². The maximum Gasteiger partial charge on any atom is 0.280 e. The monoisotopic (exact) mass is 257 g/mol. The highest BCUT2D eigenvalue weighted by molar-refractivity contribution is 5.80. The number of nitrogens with two attached hydrogens (primary N) is 1. The van der Waals surface area contributed by atoms with Crippen molar-refractivity contribution in [3.05, 3.63) is 0 Å². The molecule has 1 fully saturated rings. The van der Waals surface area contributed by atoms with Crippen LogP contribution in [-0.4, -0.2) is 57.1 Å². The molecule has 1 heterocycles. The third-order valence-corrected chi connectivity index (χ3v) is 3.72. The summed E-state index contributed by atoms with van der Waals surface area (Å²) < 4.78 is 0. The SMILES string of the molecule is C[C@@H]([NH2+]CC[NH+](C)C)C(=O)N1CCCCCCC1. The Kier molecular flexibility index (Phi) is 7.28. The Hall–Kier alpha value is -0.610. The fraction of sp³-hybridized carbons (Fsp3) is 0.929. The molecule has 1 saturated heterocycles. The maximum atomic E-state index is 12.3. The van der Waals surface area contributed by atoms with Gasteiger partial charge in [0.1, 0.15) is 13.1 Å². The van der Waals surface area contributed by atoms with E-state index >= 15 is 0 Å². The van der Waals surface area contributed by atoms with Crippen molar-refractivity contribution in [2.45, 2.75) is 45.1 Å². The van der Waals surface area contributed by atoms with Gasteiger partial charge in [-0.05, 0) is 19.8 Å². The van der Waals surface area contributed by atoms with Gasteiger partial charge in [-0.2, -0.15) is 0 Å². The molecule has 1 atom stereocenters. The van der Waals surface area contributed by atoms with Gasteiger partial charge in [0.25, 0.3) is 5.91 Å². The predicted molar refractivity (Wildman–Crippen MR) is 73.6 cm³/mol. The van der Waals surface area contributed by atoms with Crippen molar-refractivity contribution in [3.63, 3.8) is 0 Å². The van der Waals surface area contributed by atoms with Crippen molar-refractivity contribution >= 4 is 5.91 Å². The summed E-state index contributed by atoms with van der Waals surface area (Å²) >= 11 is 0. The first-order valence-corrected chi connectivity index (χ1v) is 7.52. The van der Waals surface area contributed by atoms with E-state index in [9.17, 15) is 4.79 Å². The fourth-order valence-corrected chi connectivity index (χ4v) is 2.48. The van der Waals surface area contributed by atoms with Gasteiger partial charge in [-0.3, -0.25) is 4.79 Å². The summed E-state index contributed by atoms with van der Waals surface area (Å²) in [5, 5.41) is 2.19. The van der Waals surface area contributed by atoms with E-state index in [0.717, 1.165) is 26.2 Å². The van der Waals surface area contributed by atoms with Crippen LogP contribution in [0.1, 0.15) is 39.0 Å². The first-order chi connectivity index (χ1) is 8.61. The summed E-state index contributed by atoms with van der Waals surface area (Å²) in [7, 11) is 4.30. The van der Waals surface area contributed by atoms with E-state index in [0.29, 0.717) is 5.91 Å². The average Bonchev–Trinajstić information content (AvgIpc) is 2.27. The average molecular weight is 257 g/mol. The van der Waals surface area contributed by atoms with Gasteiger partial charge in [-0.25, -0.2) is 0 Å². The molecule has 0 aliphatic carbocycles. The van der Waals surface area contributed by atoms with E-state index in [-0.39, 0.29) is 6.04 Å². The Bertz CT molecular complexity index is 235. The third-order valence-electron chi connectivity index (χ3n) is 3.72. The molecule has 0 aromatic heterocycles. The van der Waals surface area contributed by atoms with E-state index in [1.165, 1.54) is 37.0 Å². The lowest BCUT2D eigenvalue weighted by atomic mass is 10.1. The Morgan fingerprint density at radius 2 is 1.72 bits per heavy atom. The smallest absolute Gasteiger partial charge is 0.280 e. The second-order valence-electron chi connectivity index (χ2n) is 5.86. The minimum atomic E-state index is 0.0868. The van der Waals surface area contributed by atoms with Crippen LogP contribution in [0.5, 0.6) is 0 Å². The largest absolute Gasteiger partial charge is 0.338 e. The van der Waals surface area contributed by atoms with Crippen LogP contribution in [0.4, 0.5) is 0 Å². The fourth-order valence-electron chi connectivity index (χ4n) is 2.48. The molecule has 1 rings (SSSR count). The lowest BCUT2D eigenvalue weighted by molar-refractivity contribution is -0.875. The molecule has 0 spiro atoms. The first-order valence-electron chi connectivity index (χ1n) is 7.52. The molecule has 0 aromatic rings. The van der Waals surface area contributed by atoms with Crippen LogP contribution in [0.3, 0.4) is 0 Å². The summed E-state index contributed by atoms with van der Waals surface area (Å²) in [6.45, 7) is 6.12. The normalized spacial score (nSPS) is 19.4. The van der Waals surface area contributed by atoms with Gasteiger partial charge in [0.2, 0.25) is 0 Å². The number of carbonyl (C=O) groups excluding carboxylic acids is 1. The highest BCUT2D eigenvalue weighted by Gasteiger charge is 2.23. The summed E-state index contributed by atoms with van der Waals surface area (Å²) in [6.07, 6.45) is 6.27. The Morgan fingerprint density at radius 3 is 2.28 bits per heavy atom. The minimum absolute atomic E-state index is 0.0868. The summed E-state index contributed by atoms with van der Waals surface area (Å²) in [4.78, 5) is 15.9. The van der Waals surface area contributed by atoms with Crippen LogP contribution in [0, 0.1) is 0 Å². The van der Waals surface area contributed by atoms with Crippen molar-refractivity contribution in [1.82, 2.24) is 4.90 Å². The van der Waals surface area contributed by atoms with Gasteiger partial charge < -0.3 is 15.1 Å². The van der Waals surface area contributed by atoms with Crippen molar-refractivity contribution in [3.8, 4) is 0 Å². The number of hydrogen-bond donors (Lipinski definition) is 2. The molecule has 106 valence electrons. The molecule has 3 N–H and O–H groups in total. The molecule has 0 saturated carbocycles. The van der Waals surface area contributed by atoms with E-state index in [1.807, 2.05) is 6.92 Å². The van der Waals surface area contributed by atoms with Crippen LogP contribution in [-0.2, 0) is 4.79 Å². The number of amides is 1. The van der Waals surface area contributed by atoms with Crippen LogP contribution in [0.15, 0.2) is 0 Å². The standard InChI is InChI=1S/C14H29N3O/c1-13(15-9-12-16(2)3)14(18)17-10-7-5-4-6-8-11-17/h13,15H,4-12H2,1-3H3/p+2/t13-/m1/s1. The van der Waals surface area contributed by atoms with Crippen molar-refractivity contribution < 1.29 is 15.0 Å². The predicted octanol–water partition coefficient (Wildman–Crippen LogP) is -1.12. The lowest BCUT2D eigenvalue weighted by Gasteiger charge is -2.26. The van der Waals surface area contributed by atoms with Crippen molar-refractivity contribution in [2.24, 2.45) is 0 Å². The molecule has 0 radical (unpaired) electrons. The van der Waals surface area contributed by atoms with Crippen LogP contribution in [0.2, 0.25) is 0 Å². The molecule has 1 amide bonds. The zero-order chi connectivity index (χ0) is 13.4. The Labute approximate surface area is 112 Å². The first kappa shape index (κ1) is 15.4. The van der Waals surface area contributed by atoms with Crippen molar-refractivity contribution in [1.29, 1.82) is 0 Å². The Morgan fingerprint density at radius 1 is 1.17 bits per heavy atom. The van der Waals surface area contributed by atoms with Crippen LogP contribution < -0.4 is 10.2 Å². The second-order valence-corrected chi connectivity index (χ2v) is 5.86. The molecule has 18 heavy (non-hydrogen) atoms. The van der Waals surface area contributed by atoms with Crippen LogP contribution >= 0.6 is 0 Å². The number of hydrogen-bond acceptors (Lipinski definition) is 1. The lowest BCUT2D eigenvalue weighted by Crippen LogP contribution is -3.10. The molecule has 0 aromatic carbocycles. The van der Waals surface area contributed by atoms with E-state index < -0.39 is 0 Å². The molecule has 1 aliphatic heterocycles. The van der Waals surface area contributed by atoms with E-state index in [2.05, 4.69) is 24.3 Å². The molecule has 1 aliphatic rings. The number of nitrogens with zero attached hydrogens (tertiary/aromatic N) is 1. The highest BCUT2D eigenvalue weighted by atomic mass is 16.2. The number of likely N-dealkylation sites (tertiary alicyclic amines) is 1. The van der Waals surface area contributed by atoms with Crippen LogP contribution in [0.25, 0.3) is 0 Å². The maximum absolute atomic E-state index is 12.3. The minimum Gasteiger partial charge on any atom is -0.338 e. The highest BCUT2D eigenvalue weighted by Crippen LogP contribution is 2.10. The molecular weight excluding hydrogens is 226 g/mol. The van der Waals surface area contributed by atoms with Gasteiger partial charge in [0.15, 0.2) is 6.04 Å². The summed E-state index contributed by atoms with van der Waals surface area (Å²) in [5.74, 6) is 0.339. The summed E-state index contributed by atoms with van der Waals surface area (Å²) in [6, 6.07) is 0.0868.